The summed E-state index contributed by atoms with van der Waals surface area (Å²) in [7, 11) is 1.65. The van der Waals surface area contributed by atoms with E-state index >= 15 is 0 Å². The molecule has 0 unspecified atom stereocenters. The molecule has 28 heavy (non-hydrogen) atoms. The average molecular weight is 379 g/mol. The predicted octanol–water partition coefficient (Wildman–Crippen LogP) is 1.92. The van der Waals surface area contributed by atoms with E-state index in [2.05, 4.69) is 22.4 Å². The average Bonchev–Trinajstić information content (AvgIpc) is 2.71. The van der Waals surface area contributed by atoms with Gasteiger partial charge in [-0.15, -0.1) is 0 Å². The molecule has 1 heterocycles. The van der Waals surface area contributed by atoms with Crippen molar-refractivity contribution in [2.45, 2.75) is 13.0 Å². The Hall–Kier alpha value is -2.96. The molecule has 2 aromatic carbocycles. The lowest BCUT2D eigenvalue weighted by Gasteiger charge is -2.16. The molecule has 1 amide bonds. The second-order valence-electron chi connectivity index (χ2n) is 6.79. The van der Waals surface area contributed by atoms with Gasteiger partial charge >= 0.3 is 0 Å². The highest BCUT2D eigenvalue weighted by Crippen LogP contribution is 2.15. The molecule has 6 nitrogen and oxygen atoms in total. The second-order valence-corrected chi connectivity index (χ2v) is 6.79. The Balaban J connectivity index is 1.71. The van der Waals surface area contributed by atoms with Crippen LogP contribution in [-0.2, 0) is 13.0 Å². The van der Waals surface area contributed by atoms with Gasteiger partial charge < -0.3 is 20.3 Å². The predicted molar refractivity (Wildman–Crippen MR) is 110 cm³/mol. The van der Waals surface area contributed by atoms with Crippen LogP contribution in [0.2, 0.25) is 0 Å². The first kappa shape index (κ1) is 19.8. The summed E-state index contributed by atoms with van der Waals surface area (Å²) in [5.41, 5.74) is 2.97. The van der Waals surface area contributed by atoms with E-state index in [1.807, 2.05) is 24.3 Å². The van der Waals surface area contributed by atoms with Crippen molar-refractivity contribution >= 4 is 16.8 Å². The van der Waals surface area contributed by atoms with Gasteiger partial charge in [-0.05, 0) is 48.2 Å². The molecule has 0 aliphatic heterocycles. The summed E-state index contributed by atoms with van der Waals surface area (Å²) in [5, 5.41) is 13.1. The molecule has 0 spiro atoms. The summed E-state index contributed by atoms with van der Waals surface area (Å²) in [6.45, 7) is 1.42. The number of aliphatic hydroxyl groups excluding tert-OH is 1. The zero-order valence-electron chi connectivity index (χ0n) is 15.9. The number of benzene rings is 2. The summed E-state index contributed by atoms with van der Waals surface area (Å²) in [5.74, 6) is -0.162. The lowest BCUT2D eigenvalue weighted by atomic mass is 10.1. The maximum absolute atomic E-state index is 12.4. The van der Waals surface area contributed by atoms with Crippen molar-refractivity contribution < 1.29 is 9.90 Å². The van der Waals surface area contributed by atoms with Crippen LogP contribution in [0.4, 0.5) is 0 Å². The minimum atomic E-state index is -0.162. The third kappa shape index (κ3) is 4.85. The van der Waals surface area contributed by atoms with E-state index in [0.717, 1.165) is 18.4 Å². The van der Waals surface area contributed by atoms with Gasteiger partial charge in [-0.3, -0.25) is 9.59 Å². The molecular formula is C22H25N3O3. The number of carbonyl (C=O) groups is 1. The molecule has 3 aromatic rings. The molecule has 0 saturated heterocycles. The van der Waals surface area contributed by atoms with Crippen molar-refractivity contribution in [1.82, 2.24) is 15.2 Å². The first-order valence-corrected chi connectivity index (χ1v) is 9.35. The number of nitrogens with one attached hydrogen (secondary N) is 2. The van der Waals surface area contributed by atoms with E-state index < -0.39 is 0 Å². The standard InChI is InChI=1S/C22H25N3O3/c1-25(11-12-26)22(28)17-7-8-20-18(13-17)14-19(21(27)24-20)15-23-10-9-16-5-3-2-4-6-16/h2-8,13-14,23,26H,9-12,15H2,1H3,(H,24,27). The van der Waals surface area contributed by atoms with Gasteiger partial charge in [-0.1, -0.05) is 30.3 Å². The quantitative estimate of drug-likeness (QED) is 0.522. The number of H-pyrrole nitrogens is 1. The molecule has 0 aliphatic rings. The highest BCUT2D eigenvalue weighted by molar-refractivity contribution is 5.97. The van der Waals surface area contributed by atoms with Gasteiger partial charge in [0.15, 0.2) is 0 Å². The number of pyridine rings is 1. The Kier molecular flexibility index (Phi) is 6.57. The lowest BCUT2D eigenvalue weighted by molar-refractivity contribution is 0.0767. The van der Waals surface area contributed by atoms with Gasteiger partial charge in [0.25, 0.3) is 11.5 Å². The Labute approximate surface area is 163 Å². The van der Waals surface area contributed by atoms with Gasteiger partial charge in [0.1, 0.15) is 0 Å². The zero-order valence-corrected chi connectivity index (χ0v) is 15.9. The smallest absolute Gasteiger partial charge is 0.253 e. The first-order chi connectivity index (χ1) is 13.6. The minimum Gasteiger partial charge on any atom is -0.395 e. The van der Waals surface area contributed by atoms with E-state index in [1.54, 1.807) is 25.2 Å². The molecule has 0 fully saturated rings. The van der Waals surface area contributed by atoms with Crippen molar-refractivity contribution in [3.63, 3.8) is 0 Å². The Morgan fingerprint density at radius 3 is 2.68 bits per heavy atom. The van der Waals surface area contributed by atoms with Crippen LogP contribution in [0.3, 0.4) is 0 Å². The van der Waals surface area contributed by atoms with Crippen molar-refractivity contribution in [3.05, 3.63) is 81.6 Å². The molecule has 146 valence electrons. The number of likely N-dealkylation sites (N-methyl/N-ethyl adjacent to an activating group) is 1. The van der Waals surface area contributed by atoms with Gasteiger partial charge in [0.05, 0.1) is 6.61 Å². The van der Waals surface area contributed by atoms with Crippen molar-refractivity contribution in [2.75, 3.05) is 26.7 Å². The summed E-state index contributed by atoms with van der Waals surface area (Å²) < 4.78 is 0. The summed E-state index contributed by atoms with van der Waals surface area (Å²) in [6, 6.07) is 17.2. The third-order valence-corrected chi connectivity index (χ3v) is 4.70. The number of aliphatic hydroxyl groups is 1. The number of nitrogens with zero attached hydrogens (tertiary/aromatic N) is 1. The van der Waals surface area contributed by atoms with Crippen LogP contribution in [-0.4, -0.2) is 47.6 Å². The topological polar surface area (TPSA) is 85.4 Å². The molecule has 0 atom stereocenters. The Morgan fingerprint density at radius 2 is 1.93 bits per heavy atom. The van der Waals surface area contributed by atoms with Crippen LogP contribution < -0.4 is 10.9 Å². The molecule has 3 rings (SSSR count). The van der Waals surface area contributed by atoms with Gasteiger partial charge in [0, 0.05) is 36.8 Å². The fraction of sp³-hybridized carbons (Fsp3) is 0.273. The lowest BCUT2D eigenvalue weighted by Crippen LogP contribution is -2.29. The second kappa shape index (κ2) is 9.30. The largest absolute Gasteiger partial charge is 0.395 e. The minimum absolute atomic E-state index is 0.0814. The number of amides is 1. The van der Waals surface area contributed by atoms with Crippen molar-refractivity contribution in [1.29, 1.82) is 0 Å². The van der Waals surface area contributed by atoms with E-state index in [9.17, 15) is 9.59 Å². The molecule has 3 N–H and O–H groups in total. The molecule has 0 radical (unpaired) electrons. The monoisotopic (exact) mass is 379 g/mol. The Morgan fingerprint density at radius 1 is 1.14 bits per heavy atom. The summed E-state index contributed by atoms with van der Waals surface area (Å²) >= 11 is 0. The maximum atomic E-state index is 12.4. The van der Waals surface area contributed by atoms with E-state index in [0.29, 0.717) is 23.2 Å². The van der Waals surface area contributed by atoms with Crippen molar-refractivity contribution in [3.8, 4) is 0 Å². The number of fused-ring (bicyclic) bond motifs is 1. The summed E-state index contributed by atoms with van der Waals surface area (Å²) in [6.07, 6.45) is 0.891. The van der Waals surface area contributed by atoms with E-state index in [1.165, 1.54) is 10.5 Å². The molecular weight excluding hydrogens is 354 g/mol. The molecule has 0 aliphatic carbocycles. The third-order valence-electron chi connectivity index (χ3n) is 4.70. The van der Waals surface area contributed by atoms with Crippen LogP contribution in [0.25, 0.3) is 10.9 Å². The number of rotatable bonds is 8. The fourth-order valence-electron chi connectivity index (χ4n) is 3.09. The maximum Gasteiger partial charge on any atom is 0.253 e. The summed E-state index contributed by atoms with van der Waals surface area (Å²) in [4.78, 5) is 29.1. The van der Waals surface area contributed by atoms with Crippen molar-refractivity contribution in [2.24, 2.45) is 0 Å². The van der Waals surface area contributed by atoms with E-state index in [4.69, 9.17) is 5.11 Å². The van der Waals surface area contributed by atoms with Crippen LogP contribution in [0.15, 0.2) is 59.4 Å². The highest BCUT2D eigenvalue weighted by atomic mass is 16.3. The molecule has 0 bridgehead atoms. The normalized spacial score (nSPS) is 10.9. The SMILES string of the molecule is CN(CCO)C(=O)c1ccc2[nH]c(=O)c(CNCCc3ccccc3)cc2c1. The highest BCUT2D eigenvalue weighted by Gasteiger charge is 2.12. The number of hydrogen-bond donors (Lipinski definition) is 3. The Bertz CT molecular complexity index is 999. The zero-order chi connectivity index (χ0) is 19.9. The van der Waals surface area contributed by atoms with Crippen LogP contribution in [0.1, 0.15) is 21.5 Å². The molecule has 6 heteroatoms. The van der Waals surface area contributed by atoms with E-state index in [-0.39, 0.29) is 24.6 Å². The number of hydrogen-bond acceptors (Lipinski definition) is 4. The van der Waals surface area contributed by atoms with Crippen LogP contribution >= 0.6 is 0 Å². The molecule has 1 aromatic heterocycles. The van der Waals surface area contributed by atoms with Gasteiger partial charge in [-0.2, -0.15) is 0 Å². The molecule has 0 saturated carbocycles. The van der Waals surface area contributed by atoms with Crippen LogP contribution in [0, 0.1) is 0 Å². The van der Waals surface area contributed by atoms with Crippen LogP contribution in [0.5, 0.6) is 0 Å². The number of aromatic amines is 1. The number of carbonyl (C=O) groups excluding carboxylic acids is 1. The first-order valence-electron chi connectivity index (χ1n) is 9.35. The fourth-order valence-corrected chi connectivity index (χ4v) is 3.09. The van der Waals surface area contributed by atoms with Gasteiger partial charge in [-0.25, -0.2) is 0 Å². The number of aromatic nitrogens is 1. The van der Waals surface area contributed by atoms with Gasteiger partial charge in [0.2, 0.25) is 0 Å².